The van der Waals surface area contributed by atoms with Crippen molar-refractivity contribution in [1.82, 2.24) is 20.6 Å². The van der Waals surface area contributed by atoms with Crippen LogP contribution in [-0.2, 0) is 17.5 Å². The van der Waals surface area contributed by atoms with Crippen molar-refractivity contribution in [1.29, 1.82) is 0 Å². The fourth-order valence-electron chi connectivity index (χ4n) is 3.01. The molecule has 172 valence electrons. The molecule has 1 fully saturated rings. The molecule has 2 amide bonds. The Morgan fingerprint density at radius 3 is 2.58 bits per heavy atom. The van der Waals surface area contributed by atoms with E-state index < -0.39 is 40.6 Å². The van der Waals surface area contributed by atoms with Crippen LogP contribution in [0.25, 0.3) is 0 Å². The smallest absolute Gasteiger partial charge is 0.420 e. The Labute approximate surface area is 184 Å². The molecular weight excluding hydrogens is 445 g/mol. The number of phenolic OH excluding ortho intramolecular Hbond substituents is 1. The molecule has 0 aliphatic heterocycles. The number of amides is 2. The maximum Gasteiger partial charge on any atom is 0.420 e. The first kappa shape index (κ1) is 22.1. The highest BCUT2D eigenvalue weighted by Crippen LogP contribution is 2.40. The van der Waals surface area contributed by atoms with Crippen molar-refractivity contribution in [2.45, 2.75) is 31.1 Å². The average Bonchev–Trinajstić information content (AvgIpc) is 3.33. The Hall–Kier alpha value is -4.09. The molecule has 3 N–H and O–H groups in total. The second kappa shape index (κ2) is 8.45. The zero-order chi connectivity index (χ0) is 23.6. The summed E-state index contributed by atoms with van der Waals surface area (Å²) in [5.41, 5.74) is -1.73. The number of hydrogen-bond donors (Lipinski definition) is 3. The van der Waals surface area contributed by atoms with Gasteiger partial charge in [0.1, 0.15) is 28.4 Å². The Bertz CT molecular complexity index is 1160. The summed E-state index contributed by atoms with van der Waals surface area (Å²) in [4.78, 5) is 32.4. The van der Waals surface area contributed by atoms with Crippen molar-refractivity contribution in [3.8, 4) is 17.2 Å². The maximum atomic E-state index is 13.2. The van der Waals surface area contributed by atoms with Gasteiger partial charge in [-0.2, -0.15) is 13.2 Å². The van der Waals surface area contributed by atoms with Gasteiger partial charge in [-0.05, 0) is 43.2 Å². The van der Waals surface area contributed by atoms with Gasteiger partial charge in [0, 0.05) is 0 Å². The lowest BCUT2D eigenvalue weighted by Crippen LogP contribution is -2.48. The van der Waals surface area contributed by atoms with Crippen LogP contribution in [0.15, 0.2) is 53.5 Å². The first-order chi connectivity index (χ1) is 15.7. The molecule has 3 aromatic rings. The first-order valence-electron chi connectivity index (χ1n) is 9.69. The number of hydrogen-bond acceptors (Lipinski definition) is 7. The number of ether oxygens (including phenoxy) is 1. The quantitative estimate of drug-likeness (QED) is 0.492. The van der Waals surface area contributed by atoms with Crippen molar-refractivity contribution in [3.05, 3.63) is 66.1 Å². The number of halogens is 3. The van der Waals surface area contributed by atoms with E-state index in [1.165, 1.54) is 24.5 Å². The molecule has 1 saturated carbocycles. The molecule has 0 saturated heterocycles. The van der Waals surface area contributed by atoms with Crippen LogP contribution in [0.4, 0.5) is 13.2 Å². The third-order valence-electron chi connectivity index (χ3n) is 4.92. The minimum atomic E-state index is -4.71. The molecule has 4 rings (SSSR count). The van der Waals surface area contributed by atoms with Crippen LogP contribution in [0.1, 0.15) is 34.7 Å². The number of rotatable bonds is 7. The maximum absolute atomic E-state index is 13.2. The molecule has 12 heteroatoms. The highest BCUT2D eigenvalue weighted by molar-refractivity contribution is 5.99. The number of carbonyl (C=O) groups excluding carboxylic acids is 2. The minimum Gasteiger partial charge on any atom is -0.508 e. The van der Waals surface area contributed by atoms with Gasteiger partial charge in [0.05, 0.1) is 24.6 Å². The van der Waals surface area contributed by atoms with Gasteiger partial charge in [0.15, 0.2) is 6.39 Å². The molecule has 2 aromatic heterocycles. The molecule has 0 atom stereocenters. The number of aromatic nitrogens is 2. The van der Waals surface area contributed by atoms with Gasteiger partial charge in [-0.25, -0.2) is 4.98 Å². The van der Waals surface area contributed by atoms with Crippen LogP contribution in [0.5, 0.6) is 17.2 Å². The van der Waals surface area contributed by atoms with Gasteiger partial charge in [0.2, 0.25) is 11.7 Å². The summed E-state index contributed by atoms with van der Waals surface area (Å²) in [6, 6.07) is 5.54. The summed E-state index contributed by atoms with van der Waals surface area (Å²) < 4.78 is 49.6. The van der Waals surface area contributed by atoms with Crippen LogP contribution in [0.3, 0.4) is 0 Å². The van der Waals surface area contributed by atoms with Gasteiger partial charge in [-0.1, -0.05) is 0 Å². The number of pyridine rings is 1. The predicted molar refractivity (Wildman–Crippen MR) is 105 cm³/mol. The second-order valence-corrected chi connectivity index (χ2v) is 7.35. The third-order valence-corrected chi connectivity index (χ3v) is 4.92. The van der Waals surface area contributed by atoms with Gasteiger partial charge >= 0.3 is 6.18 Å². The normalized spacial score (nSPS) is 14.4. The van der Waals surface area contributed by atoms with E-state index in [2.05, 4.69) is 20.6 Å². The largest absolute Gasteiger partial charge is 0.508 e. The van der Waals surface area contributed by atoms with E-state index in [0.717, 1.165) is 18.5 Å². The van der Waals surface area contributed by atoms with E-state index in [0.29, 0.717) is 24.6 Å². The molecule has 0 bridgehead atoms. The van der Waals surface area contributed by atoms with E-state index in [-0.39, 0.29) is 18.1 Å². The SMILES string of the molecule is O=C(NC1(C(=O)NCc2ccc(Oc3ccc(O)cc3C(F)(F)F)cn2)CC1)c1cnco1. The molecule has 33 heavy (non-hydrogen) atoms. The summed E-state index contributed by atoms with van der Waals surface area (Å²) >= 11 is 0. The Kier molecular flexibility index (Phi) is 5.66. The number of alkyl halides is 3. The lowest BCUT2D eigenvalue weighted by atomic mass is 10.2. The highest BCUT2D eigenvalue weighted by Gasteiger charge is 2.51. The summed E-state index contributed by atoms with van der Waals surface area (Å²) in [7, 11) is 0. The fraction of sp³-hybridized carbons (Fsp3) is 0.238. The molecule has 1 aromatic carbocycles. The zero-order valence-electron chi connectivity index (χ0n) is 16.8. The van der Waals surface area contributed by atoms with Gasteiger partial charge in [-0.15, -0.1) is 0 Å². The van der Waals surface area contributed by atoms with Crippen LogP contribution in [-0.4, -0.2) is 32.4 Å². The molecule has 1 aliphatic rings. The lowest BCUT2D eigenvalue weighted by Gasteiger charge is -2.16. The fourth-order valence-corrected chi connectivity index (χ4v) is 3.01. The van der Waals surface area contributed by atoms with Crippen molar-refractivity contribution >= 4 is 11.8 Å². The van der Waals surface area contributed by atoms with Crippen molar-refractivity contribution in [3.63, 3.8) is 0 Å². The van der Waals surface area contributed by atoms with Gasteiger partial charge < -0.3 is 24.9 Å². The molecule has 9 nitrogen and oxygen atoms in total. The van der Waals surface area contributed by atoms with Crippen molar-refractivity contribution in [2.75, 3.05) is 0 Å². The number of benzene rings is 1. The standard InChI is InChI=1S/C21H17F3N4O5/c22-21(23,24)15-7-13(29)2-4-16(15)33-14-3-1-12(26-9-14)8-27-19(31)20(5-6-20)28-18(30)17-10-25-11-32-17/h1-4,7,9-11,29H,5-6,8H2,(H,27,31)(H,28,30). The number of oxazole rings is 1. The molecule has 0 radical (unpaired) electrons. The van der Waals surface area contributed by atoms with E-state index in [4.69, 9.17) is 9.15 Å². The number of aromatic hydroxyl groups is 1. The van der Waals surface area contributed by atoms with Crippen LogP contribution in [0.2, 0.25) is 0 Å². The van der Waals surface area contributed by atoms with E-state index in [9.17, 15) is 27.9 Å². The third kappa shape index (κ3) is 5.05. The topological polar surface area (TPSA) is 127 Å². The van der Waals surface area contributed by atoms with Crippen LogP contribution in [0, 0.1) is 0 Å². The van der Waals surface area contributed by atoms with Gasteiger partial charge in [-0.3, -0.25) is 14.6 Å². The van der Waals surface area contributed by atoms with Crippen LogP contribution >= 0.6 is 0 Å². The summed E-state index contributed by atoms with van der Waals surface area (Å²) in [5.74, 6) is -1.93. The highest BCUT2D eigenvalue weighted by atomic mass is 19.4. The number of nitrogens with zero attached hydrogens (tertiary/aromatic N) is 2. The molecule has 0 spiro atoms. The first-order valence-corrected chi connectivity index (χ1v) is 9.69. The number of nitrogens with one attached hydrogen (secondary N) is 2. The molecular formula is C21H17F3N4O5. The van der Waals surface area contributed by atoms with Crippen molar-refractivity contribution < 1.29 is 37.0 Å². The minimum absolute atomic E-state index is 0.00589. The van der Waals surface area contributed by atoms with Crippen LogP contribution < -0.4 is 15.4 Å². The average molecular weight is 462 g/mol. The number of carbonyl (C=O) groups is 2. The predicted octanol–water partition coefficient (Wildman–Crippen LogP) is 3.17. The van der Waals surface area contributed by atoms with E-state index in [1.807, 2.05) is 0 Å². The Morgan fingerprint density at radius 2 is 1.97 bits per heavy atom. The Balaban J connectivity index is 1.35. The van der Waals surface area contributed by atoms with Crippen molar-refractivity contribution in [2.24, 2.45) is 0 Å². The summed E-state index contributed by atoms with van der Waals surface area (Å²) in [6.07, 6.45) is -0.216. The molecule has 1 aliphatic carbocycles. The van der Waals surface area contributed by atoms with Gasteiger partial charge in [0.25, 0.3) is 5.91 Å². The molecule has 2 heterocycles. The second-order valence-electron chi connectivity index (χ2n) is 7.35. The van der Waals surface area contributed by atoms with E-state index in [1.54, 1.807) is 0 Å². The monoisotopic (exact) mass is 462 g/mol. The number of phenols is 1. The van der Waals surface area contributed by atoms with E-state index >= 15 is 0 Å². The zero-order valence-corrected chi connectivity index (χ0v) is 16.8. The molecule has 0 unspecified atom stereocenters. The Morgan fingerprint density at radius 1 is 1.18 bits per heavy atom. The summed E-state index contributed by atoms with van der Waals surface area (Å²) in [6.45, 7) is 0.0338. The summed E-state index contributed by atoms with van der Waals surface area (Å²) in [5, 5.41) is 14.6. The lowest BCUT2D eigenvalue weighted by molar-refractivity contribution is -0.138.